The first-order chi connectivity index (χ1) is 21.8. The van der Waals surface area contributed by atoms with Gasteiger partial charge in [0.15, 0.2) is 5.82 Å². The Morgan fingerprint density at radius 3 is 1.73 bits per heavy atom. The standard InChI is InChI=1S/C40H25N3O/c1-3-11-26(12-4-1)34-25-35(27-13-5-2-6-14-27)42-40(41-34)28-19-21-29(22-20-28)43-36-17-9-7-15-30(36)32-24-39-33(23-37(32)43)31-16-8-10-18-38(31)44-39/h1-25H. The van der Waals surface area contributed by atoms with Crippen LogP contribution in [0.2, 0.25) is 0 Å². The number of fused-ring (bicyclic) bond motifs is 6. The van der Waals surface area contributed by atoms with E-state index < -0.39 is 0 Å². The number of rotatable bonds is 4. The van der Waals surface area contributed by atoms with Crippen molar-refractivity contribution in [2.45, 2.75) is 0 Å². The van der Waals surface area contributed by atoms with Crippen LogP contribution in [0.25, 0.3) is 83.3 Å². The third-order valence-electron chi connectivity index (χ3n) is 8.42. The lowest BCUT2D eigenvalue weighted by Crippen LogP contribution is -1.97. The first-order valence-electron chi connectivity index (χ1n) is 14.8. The summed E-state index contributed by atoms with van der Waals surface area (Å²) in [5, 5.41) is 4.61. The van der Waals surface area contributed by atoms with Crippen LogP contribution in [0.4, 0.5) is 0 Å². The van der Waals surface area contributed by atoms with Crippen LogP contribution in [0.5, 0.6) is 0 Å². The quantitative estimate of drug-likeness (QED) is 0.214. The molecule has 0 spiro atoms. The van der Waals surface area contributed by atoms with Gasteiger partial charge in [0.2, 0.25) is 0 Å². The van der Waals surface area contributed by atoms with Gasteiger partial charge in [0.25, 0.3) is 0 Å². The van der Waals surface area contributed by atoms with Crippen molar-refractivity contribution in [2.75, 3.05) is 0 Å². The smallest absolute Gasteiger partial charge is 0.160 e. The Hall–Kier alpha value is -6.00. The van der Waals surface area contributed by atoms with E-state index >= 15 is 0 Å². The molecule has 0 saturated heterocycles. The van der Waals surface area contributed by atoms with Gasteiger partial charge in [-0.2, -0.15) is 0 Å². The number of benzene rings is 6. The van der Waals surface area contributed by atoms with Crippen molar-refractivity contribution in [1.29, 1.82) is 0 Å². The molecule has 4 nitrogen and oxygen atoms in total. The second-order valence-electron chi connectivity index (χ2n) is 11.1. The van der Waals surface area contributed by atoms with Crippen LogP contribution in [0.1, 0.15) is 0 Å². The van der Waals surface area contributed by atoms with Gasteiger partial charge in [-0.1, -0.05) is 97.1 Å². The molecule has 0 aliphatic carbocycles. The highest BCUT2D eigenvalue weighted by molar-refractivity contribution is 6.17. The molecule has 0 aliphatic heterocycles. The van der Waals surface area contributed by atoms with Crippen LogP contribution in [0.15, 0.2) is 156 Å². The molecule has 3 heterocycles. The Morgan fingerprint density at radius 1 is 0.409 bits per heavy atom. The van der Waals surface area contributed by atoms with Gasteiger partial charge in [0.05, 0.1) is 22.4 Å². The van der Waals surface area contributed by atoms with E-state index in [1.807, 2.05) is 48.5 Å². The van der Waals surface area contributed by atoms with Crippen molar-refractivity contribution in [1.82, 2.24) is 14.5 Å². The Labute approximate surface area is 253 Å². The lowest BCUT2D eigenvalue weighted by molar-refractivity contribution is 0.669. The van der Waals surface area contributed by atoms with Crippen molar-refractivity contribution in [3.05, 3.63) is 152 Å². The van der Waals surface area contributed by atoms with Crippen LogP contribution in [-0.2, 0) is 0 Å². The largest absolute Gasteiger partial charge is 0.456 e. The van der Waals surface area contributed by atoms with E-state index in [1.54, 1.807) is 0 Å². The highest BCUT2D eigenvalue weighted by atomic mass is 16.3. The zero-order valence-corrected chi connectivity index (χ0v) is 23.7. The van der Waals surface area contributed by atoms with Gasteiger partial charge < -0.3 is 8.98 Å². The third kappa shape index (κ3) is 3.92. The Balaban J connectivity index is 1.21. The van der Waals surface area contributed by atoms with E-state index in [0.29, 0.717) is 5.82 Å². The minimum atomic E-state index is 0.700. The van der Waals surface area contributed by atoms with E-state index in [4.69, 9.17) is 14.4 Å². The molecule has 0 atom stereocenters. The molecule has 3 aromatic heterocycles. The predicted molar refractivity (Wildman–Crippen MR) is 180 cm³/mol. The molecule has 0 radical (unpaired) electrons. The van der Waals surface area contributed by atoms with Gasteiger partial charge in [0.1, 0.15) is 11.2 Å². The average Bonchev–Trinajstić information content (AvgIpc) is 3.63. The Bertz CT molecular complexity index is 2420. The fraction of sp³-hybridized carbons (Fsp3) is 0. The molecule has 206 valence electrons. The summed E-state index contributed by atoms with van der Waals surface area (Å²) in [6.07, 6.45) is 0. The van der Waals surface area contributed by atoms with E-state index in [0.717, 1.165) is 66.7 Å². The summed E-state index contributed by atoms with van der Waals surface area (Å²) in [6, 6.07) is 52.5. The first kappa shape index (κ1) is 24.6. The maximum atomic E-state index is 6.25. The van der Waals surface area contributed by atoms with Crippen LogP contribution in [-0.4, -0.2) is 14.5 Å². The summed E-state index contributed by atoms with van der Waals surface area (Å²) in [7, 11) is 0. The number of hydrogen-bond donors (Lipinski definition) is 0. The van der Waals surface area contributed by atoms with Gasteiger partial charge in [0, 0.05) is 43.9 Å². The summed E-state index contributed by atoms with van der Waals surface area (Å²) in [5.74, 6) is 0.700. The summed E-state index contributed by atoms with van der Waals surface area (Å²) < 4.78 is 8.59. The topological polar surface area (TPSA) is 43.9 Å². The number of hydrogen-bond acceptors (Lipinski definition) is 3. The summed E-state index contributed by atoms with van der Waals surface area (Å²) >= 11 is 0. The van der Waals surface area contributed by atoms with Crippen LogP contribution in [0, 0.1) is 0 Å². The Morgan fingerprint density at radius 2 is 1.02 bits per heavy atom. The first-order valence-corrected chi connectivity index (χ1v) is 14.8. The van der Waals surface area contributed by atoms with Gasteiger partial charge in [-0.3, -0.25) is 0 Å². The molecule has 0 bridgehead atoms. The van der Waals surface area contributed by atoms with Crippen molar-refractivity contribution in [3.8, 4) is 39.6 Å². The molecule has 9 aromatic rings. The van der Waals surface area contributed by atoms with Crippen LogP contribution >= 0.6 is 0 Å². The minimum absolute atomic E-state index is 0.700. The zero-order valence-electron chi connectivity index (χ0n) is 23.7. The van der Waals surface area contributed by atoms with Crippen molar-refractivity contribution in [2.24, 2.45) is 0 Å². The normalized spacial score (nSPS) is 11.6. The van der Waals surface area contributed by atoms with Gasteiger partial charge >= 0.3 is 0 Å². The third-order valence-corrected chi connectivity index (χ3v) is 8.42. The molecular formula is C40H25N3O. The molecule has 0 aliphatic rings. The molecule has 4 heteroatoms. The summed E-state index contributed by atoms with van der Waals surface area (Å²) in [4.78, 5) is 10.0. The lowest BCUT2D eigenvalue weighted by atomic mass is 10.1. The SMILES string of the molecule is c1ccc(-c2cc(-c3ccccc3)nc(-c3ccc(-n4c5ccccc5c5cc6oc7ccccc7c6cc54)cc3)n2)cc1. The van der Waals surface area contributed by atoms with E-state index in [2.05, 4.69) is 108 Å². The zero-order chi connectivity index (χ0) is 29.0. The molecule has 9 rings (SSSR count). The molecule has 0 saturated carbocycles. The summed E-state index contributed by atoms with van der Waals surface area (Å²) in [5.41, 5.74) is 10.1. The van der Waals surface area contributed by atoms with Crippen LogP contribution in [0.3, 0.4) is 0 Å². The fourth-order valence-electron chi connectivity index (χ4n) is 6.31. The predicted octanol–water partition coefficient (Wildman–Crippen LogP) is 10.5. The highest BCUT2D eigenvalue weighted by Gasteiger charge is 2.17. The van der Waals surface area contributed by atoms with Gasteiger partial charge in [-0.25, -0.2) is 9.97 Å². The van der Waals surface area contributed by atoms with E-state index in [-0.39, 0.29) is 0 Å². The molecule has 0 amide bonds. The highest BCUT2D eigenvalue weighted by Crippen LogP contribution is 2.38. The number of nitrogens with zero attached hydrogens (tertiary/aromatic N) is 3. The van der Waals surface area contributed by atoms with Crippen molar-refractivity contribution < 1.29 is 4.42 Å². The second-order valence-corrected chi connectivity index (χ2v) is 11.1. The average molecular weight is 564 g/mol. The van der Waals surface area contributed by atoms with Crippen molar-refractivity contribution in [3.63, 3.8) is 0 Å². The number of para-hydroxylation sites is 2. The summed E-state index contributed by atoms with van der Waals surface area (Å²) in [6.45, 7) is 0. The van der Waals surface area contributed by atoms with Crippen molar-refractivity contribution >= 4 is 43.7 Å². The van der Waals surface area contributed by atoms with Crippen LogP contribution < -0.4 is 0 Å². The fourth-order valence-corrected chi connectivity index (χ4v) is 6.31. The maximum Gasteiger partial charge on any atom is 0.160 e. The molecular weight excluding hydrogens is 538 g/mol. The molecule has 44 heavy (non-hydrogen) atoms. The second kappa shape index (κ2) is 9.79. The number of aromatic nitrogens is 3. The van der Waals surface area contributed by atoms with E-state index in [9.17, 15) is 0 Å². The minimum Gasteiger partial charge on any atom is -0.456 e. The molecule has 6 aromatic carbocycles. The lowest BCUT2D eigenvalue weighted by Gasteiger charge is -2.11. The van der Waals surface area contributed by atoms with Gasteiger partial charge in [-0.05, 0) is 54.6 Å². The number of furan rings is 1. The van der Waals surface area contributed by atoms with Gasteiger partial charge in [-0.15, -0.1) is 0 Å². The molecule has 0 N–H and O–H groups in total. The monoisotopic (exact) mass is 563 g/mol. The molecule has 0 fully saturated rings. The maximum absolute atomic E-state index is 6.25. The Kier molecular flexibility index (Phi) is 5.47. The molecule has 0 unspecified atom stereocenters. The van der Waals surface area contributed by atoms with E-state index in [1.165, 1.54) is 10.8 Å².